The smallest absolute Gasteiger partial charge is 0.218 e. The number of ether oxygens (including phenoxy) is 1. The zero-order valence-corrected chi connectivity index (χ0v) is 14.0. The Morgan fingerprint density at radius 1 is 1.09 bits per heavy atom. The van der Waals surface area contributed by atoms with Gasteiger partial charge in [-0.15, -0.1) is 0 Å². The highest BCUT2D eigenvalue weighted by molar-refractivity contribution is 7.88. The summed E-state index contributed by atoms with van der Waals surface area (Å²) in [7, 11) is -1.62. The van der Waals surface area contributed by atoms with Crippen LogP contribution in [0.5, 0.6) is 5.75 Å². The van der Waals surface area contributed by atoms with E-state index in [9.17, 15) is 8.42 Å². The first-order valence-electron chi connectivity index (χ1n) is 7.74. The van der Waals surface area contributed by atoms with Gasteiger partial charge in [0.2, 0.25) is 10.0 Å². The second-order valence-electron chi connectivity index (χ2n) is 5.86. The molecular weight excluding hydrogens is 310 g/mol. The molecule has 3 rings (SSSR count). The zero-order chi connectivity index (χ0) is 16.3. The van der Waals surface area contributed by atoms with Gasteiger partial charge in [0.1, 0.15) is 5.75 Å². The van der Waals surface area contributed by atoms with Crippen LogP contribution in [0, 0.1) is 0 Å². The van der Waals surface area contributed by atoms with E-state index in [0.29, 0.717) is 13.1 Å². The first-order chi connectivity index (χ1) is 11.1. The Labute approximate surface area is 137 Å². The molecule has 23 heavy (non-hydrogen) atoms. The van der Waals surface area contributed by atoms with Crippen molar-refractivity contribution in [3.63, 3.8) is 0 Å². The van der Waals surface area contributed by atoms with Crippen molar-refractivity contribution >= 4 is 10.0 Å². The van der Waals surface area contributed by atoms with Gasteiger partial charge < -0.3 is 4.74 Å². The van der Waals surface area contributed by atoms with E-state index < -0.39 is 10.0 Å². The van der Waals surface area contributed by atoms with Gasteiger partial charge in [-0.2, -0.15) is 0 Å². The molecule has 1 aliphatic rings. The molecule has 5 heteroatoms. The Hall–Kier alpha value is -1.85. The number of hydrogen-bond donors (Lipinski definition) is 0. The van der Waals surface area contributed by atoms with Crippen LogP contribution >= 0.6 is 0 Å². The highest BCUT2D eigenvalue weighted by Gasteiger charge is 2.32. The molecule has 1 atom stereocenters. The van der Waals surface area contributed by atoms with Crippen molar-refractivity contribution in [3.8, 4) is 5.75 Å². The van der Waals surface area contributed by atoms with Crippen molar-refractivity contribution in [1.29, 1.82) is 0 Å². The van der Waals surface area contributed by atoms with Crippen molar-refractivity contribution in [2.45, 2.75) is 18.1 Å². The fourth-order valence-electron chi connectivity index (χ4n) is 3.01. The maximum Gasteiger partial charge on any atom is 0.218 e. The van der Waals surface area contributed by atoms with Crippen molar-refractivity contribution < 1.29 is 13.2 Å². The molecule has 0 spiro atoms. The largest absolute Gasteiger partial charge is 0.497 e. The predicted molar refractivity (Wildman–Crippen MR) is 91.0 cm³/mol. The average Bonchev–Trinajstić information content (AvgIpc) is 3.06. The topological polar surface area (TPSA) is 46.6 Å². The van der Waals surface area contributed by atoms with Crippen LogP contribution in [-0.4, -0.2) is 32.9 Å². The molecule has 2 aromatic rings. The maximum absolute atomic E-state index is 12.6. The number of nitrogens with zero attached hydrogens (tertiary/aromatic N) is 1. The molecule has 0 saturated carbocycles. The molecule has 1 aliphatic heterocycles. The van der Waals surface area contributed by atoms with Gasteiger partial charge in [0, 0.05) is 13.1 Å². The average molecular weight is 331 g/mol. The molecule has 1 fully saturated rings. The van der Waals surface area contributed by atoms with E-state index in [-0.39, 0.29) is 11.7 Å². The van der Waals surface area contributed by atoms with E-state index >= 15 is 0 Å². The number of methoxy groups -OCH3 is 1. The Morgan fingerprint density at radius 2 is 1.78 bits per heavy atom. The van der Waals surface area contributed by atoms with Crippen molar-refractivity contribution in [1.82, 2.24) is 4.31 Å². The highest BCUT2D eigenvalue weighted by Crippen LogP contribution is 2.30. The van der Waals surface area contributed by atoms with Gasteiger partial charge in [0.05, 0.1) is 12.9 Å². The quantitative estimate of drug-likeness (QED) is 0.846. The molecular formula is C18H21NO3S. The molecule has 1 unspecified atom stereocenters. The minimum atomic E-state index is -3.26. The molecule has 0 amide bonds. The van der Waals surface area contributed by atoms with Crippen LogP contribution in [0.25, 0.3) is 0 Å². The van der Waals surface area contributed by atoms with Crippen molar-refractivity contribution in [2.24, 2.45) is 0 Å². The molecule has 4 nitrogen and oxygen atoms in total. The molecule has 0 radical (unpaired) electrons. The standard InChI is InChI=1S/C18H21NO3S/c1-22-18-9-7-16(8-10-18)17-11-12-19(13-17)23(20,21)14-15-5-3-2-4-6-15/h2-10,17H,11-14H2,1H3. The number of benzene rings is 2. The maximum atomic E-state index is 12.6. The highest BCUT2D eigenvalue weighted by atomic mass is 32.2. The van der Waals surface area contributed by atoms with Crippen LogP contribution < -0.4 is 4.74 Å². The van der Waals surface area contributed by atoms with E-state index in [4.69, 9.17) is 4.74 Å². The molecule has 0 N–H and O–H groups in total. The van der Waals surface area contributed by atoms with Crippen molar-refractivity contribution in [3.05, 3.63) is 65.7 Å². The van der Waals surface area contributed by atoms with Crippen molar-refractivity contribution in [2.75, 3.05) is 20.2 Å². The second kappa shape index (κ2) is 6.72. The Balaban J connectivity index is 1.68. The second-order valence-corrected chi connectivity index (χ2v) is 7.83. The van der Waals surface area contributed by atoms with Crippen LogP contribution in [0.2, 0.25) is 0 Å². The van der Waals surface area contributed by atoms with Gasteiger partial charge in [-0.3, -0.25) is 0 Å². The summed E-state index contributed by atoms with van der Waals surface area (Å²) in [5.74, 6) is 1.15. The van der Waals surface area contributed by atoms with Crippen LogP contribution in [0.4, 0.5) is 0 Å². The third-order valence-corrected chi connectivity index (χ3v) is 6.14. The molecule has 0 aromatic heterocycles. The molecule has 1 saturated heterocycles. The fourth-order valence-corrected chi connectivity index (χ4v) is 4.59. The van der Waals surface area contributed by atoms with Crippen LogP contribution in [0.1, 0.15) is 23.5 Å². The Bertz CT molecular complexity index is 742. The Morgan fingerprint density at radius 3 is 2.43 bits per heavy atom. The molecule has 0 aliphatic carbocycles. The summed E-state index contributed by atoms with van der Waals surface area (Å²) in [5, 5.41) is 0. The monoisotopic (exact) mass is 331 g/mol. The lowest BCUT2D eigenvalue weighted by atomic mass is 9.99. The predicted octanol–water partition coefficient (Wildman–Crippen LogP) is 3.01. The number of rotatable bonds is 5. The molecule has 0 bridgehead atoms. The summed E-state index contributed by atoms with van der Waals surface area (Å²) in [5.41, 5.74) is 2.00. The van der Waals surface area contributed by atoms with Crippen LogP contribution in [-0.2, 0) is 15.8 Å². The van der Waals surface area contributed by atoms with Gasteiger partial charge >= 0.3 is 0 Å². The van der Waals surface area contributed by atoms with Gasteiger partial charge in [-0.05, 0) is 35.6 Å². The third kappa shape index (κ3) is 3.74. The third-order valence-electron chi connectivity index (χ3n) is 4.32. The summed E-state index contributed by atoms with van der Waals surface area (Å²) in [4.78, 5) is 0. The SMILES string of the molecule is COc1ccc(C2CCN(S(=O)(=O)Cc3ccccc3)C2)cc1. The summed E-state index contributed by atoms with van der Waals surface area (Å²) in [6.07, 6.45) is 0.861. The minimum Gasteiger partial charge on any atom is -0.497 e. The fraction of sp³-hybridized carbons (Fsp3) is 0.333. The first-order valence-corrected chi connectivity index (χ1v) is 9.35. The summed E-state index contributed by atoms with van der Waals surface area (Å²) in [6, 6.07) is 17.2. The Kier molecular flexibility index (Phi) is 4.68. The molecule has 1 heterocycles. The van der Waals surface area contributed by atoms with Gasteiger partial charge in [0.25, 0.3) is 0 Å². The molecule has 122 valence electrons. The summed E-state index contributed by atoms with van der Waals surface area (Å²) < 4.78 is 32.0. The zero-order valence-electron chi connectivity index (χ0n) is 13.2. The van der Waals surface area contributed by atoms with E-state index in [0.717, 1.165) is 17.7 Å². The van der Waals surface area contributed by atoms with E-state index in [1.54, 1.807) is 11.4 Å². The lowest BCUT2D eigenvalue weighted by molar-refractivity contribution is 0.414. The van der Waals surface area contributed by atoms with Gasteiger partial charge in [-0.25, -0.2) is 12.7 Å². The summed E-state index contributed by atoms with van der Waals surface area (Å²) in [6.45, 7) is 1.15. The normalized spacial score (nSPS) is 18.9. The van der Waals surface area contributed by atoms with Crippen LogP contribution in [0.15, 0.2) is 54.6 Å². The van der Waals surface area contributed by atoms with Crippen LogP contribution in [0.3, 0.4) is 0 Å². The molecule has 2 aromatic carbocycles. The van der Waals surface area contributed by atoms with Gasteiger partial charge in [-0.1, -0.05) is 42.5 Å². The van der Waals surface area contributed by atoms with E-state index in [1.807, 2.05) is 54.6 Å². The summed E-state index contributed by atoms with van der Waals surface area (Å²) >= 11 is 0. The minimum absolute atomic E-state index is 0.0726. The first kappa shape index (κ1) is 16.0. The number of sulfonamides is 1. The lowest BCUT2D eigenvalue weighted by Gasteiger charge is -2.17. The van der Waals surface area contributed by atoms with Gasteiger partial charge in [0.15, 0.2) is 0 Å². The van der Waals surface area contributed by atoms with E-state index in [1.165, 1.54) is 5.56 Å². The lowest BCUT2D eigenvalue weighted by Crippen LogP contribution is -2.29. The van der Waals surface area contributed by atoms with E-state index in [2.05, 4.69) is 0 Å². The number of hydrogen-bond acceptors (Lipinski definition) is 3.